The summed E-state index contributed by atoms with van der Waals surface area (Å²) >= 11 is 0. The van der Waals surface area contributed by atoms with E-state index in [0.29, 0.717) is 45.0 Å². The highest BCUT2D eigenvalue weighted by Gasteiger charge is 2.31. The largest absolute Gasteiger partial charge is 0.573 e. The van der Waals surface area contributed by atoms with Crippen LogP contribution in [0.3, 0.4) is 0 Å². The van der Waals surface area contributed by atoms with Gasteiger partial charge in [-0.15, -0.1) is 13.2 Å². The van der Waals surface area contributed by atoms with Gasteiger partial charge in [0.15, 0.2) is 0 Å². The first-order chi connectivity index (χ1) is 15.8. The molecule has 2 amide bonds. The number of nitrogens with zero attached hydrogens (tertiary/aromatic N) is 3. The Morgan fingerprint density at radius 1 is 0.879 bits per heavy atom. The second-order valence-electron chi connectivity index (χ2n) is 8.10. The molecule has 2 aromatic rings. The summed E-state index contributed by atoms with van der Waals surface area (Å²) in [5, 5.41) is 2.68. The number of fused-ring (bicyclic) bond motifs is 1. The zero-order chi connectivity index (χ0) is 23.4. The first kappa shape index (κ1) is 23.1. The average molecular weight is 462 g/mol. The van der Waals surface area contributed by atoms with E-state index in [1.54, 1.807) is 0 Å². The molecule has 1 fully saturated rings. The summed E-state index contributed by atoms with van der Waals surface area (Å²) < 4.78 is 40.5. The Kier molecular flexibility index (Phi) is 6.85. The van der Waals surface area contributed by atoms with Crippen LogP contribution < -0.4 is 15.0 Å². The third-order valence-corrected chi connectivity index (χ3v) is 5.75. The summed E-state index contributed by atoms with van der Waals surface area (Å²) in [5.74, 6) is -0.509. The molecular formula is C23H25F3N4O3. The Morgan fingerprint density at radius 2 is 1.52 bits per heavy atom. The van der Waals surface area contributed by atoms with Crippen LogP contribution in [-0.4, -0.2) is 73.8 Å². The summed E-state index contributed by atoms with van der Waals surface area (Å²) in [7, 11) is 0. The number of piperazine rings is 1. The van der Waals surface area contributed by atoms with E-state index in [2.05, 4.69) is 21.0 Å². The number of halogens is 3. The normalized spacial score (nSPS) is 17.0. The third-order valence-electron chi connectivity index (χ3n) is 5.75. The van der Waals surface area contributed by atoms with E-state index in [-0.39, 0.29) is 24.1 Å². The van der Waals surface area contributed by atoms with Crippen LogP contribution in [0.1, 0.15) is 5.56 Å². The van der Waals surface area contributed by atoms with Crippen molar-refractivity contribution in [2.75, 3.05) is 56.0 Å². The molecule has 176 valence electrons. The summed E-state index contributed by atoms with van der Waals surface area (Å²) in [6.45, 7) is 3.88. The molecule has 1 N–H and O–H groups in total. The molecule has 4 rings (SSSR count). The smallest absolute Gasteiger partial charge is 0.406 e. The van der Waals surface area contributed by atoms with Crippen LogP contribution in [0.4, 0.5) is 24.5 Å². The number of carbonyl (C=O) groups is 2. The molecule has 2 aliphatic heterocycles. The SMILES string of the molecule is O=C(CN1CCN(CC(=O)N2CCc3ccccc32)CC1)Nc1ccc(OC(F)(F)F)cc1. The van der Waals surface area contributed by atoms with Gasteiger partial charge in [0.05, 0.1) is 13.1 Å². The minimum absolute atomic E-state index is 0.0871. The van der Waals surface area contributed by atoms with Gasteiger partial charge in [0.2, 0.25) is 11.8 Å². The van der Waals surface area contributed by atoms with Crippen LogP contribution in [0, 0.1) is 0 Å². The standard InChI is InChI=1S/C23H25F3N4O3/c24-23(25,26)33-19-7-5-18(6-8-19)27-21(31)15-28-11-13-29(14-12-28)16-22(32)30-10-9-17-3-1-2-4-20(17)30/h1-8H,9-16H2,(H,27,31). The Labute approximate surface area is 189 Å². The zero-order valence-electron chi connectivity index (χ0n) is 18.0. The molecule has 2 heterocycles. The second kappa shape index (κ2) is 9.80. The predicted molar refractivity (Wildman–Crippen MR) is 117 cm³/mol. The van der Waals surface area contributed by atoms with Gasteiger partial charge in [-0.2, -0.15) is 0 Å². The number of benzene rings is 2. The Morgan fingerprint density at radius 3 is 2.18 bits per heavy atom. The lowest BCUT2D eigenvalue weighted by molar-refractivity contribution is -0.274. The number of hydrogen-bond acceptors (Lipinski definition) is 5. The van der Waals surface area contributed by atoms with E-state index < -0.39 is 6.36 Å². The first-order valence-corrected chi connectivity index (χ1v) is 10.8. The van der Waals surface area contributed by atoms with E-state index in [9.17, 15) is 22.8 Å². The molecule has 0 bridgehead atoms. The van der Waals surface area contributed by atoms with E-state index in [1.807, 2.05) is 28.0 Å². The van der Waals surface area contributed by atoms with E-state index in [0.717, 1.165) is 24.2 Å². The van der Waals surface area contributed by atoms with Gasteiger partial charge in [-0.25, -0.2) is 0 Å². The topological polar surface area (TPSA) is 65.1 Å². The van der Waals surface area contributed by atoms with Gasteiger partial charge < -0.3 is 15.0 Å². The minimum atomic E-state index is -4.75. The summed E-state index contributed by atoms with van der Waals surface area (Å²) in [6.07, 6.45) is -3.88. The van der Waals surface area contributed by atoms with Crippen molar-refractivity contribution in [2.45, 2.75) is 12.8 Å². The molecule has 1 saturated heterocycles. The minimum Gasteiger partial charge on any atom is -0.406 e. The van der Waals surface area contributed by atoms with Gasteiger partial charge in [-0.1, -0.05) is 18.2 Å². The van der Waals surface area contributed by atoms with E-state index in [1.165, 1.54) is 17.7 Å². The highest BCUT2D eigenvalue weighted by atomic mass is 19.4. The summed E-state index contributed by atoms with van der Waals surface area (Å²) in [5.41, 5.74) is 2.59. The van der Waals surface area contributed by atoms with Crippen LogP contribution in [-0.2, 0) is 16.0 Å². The van der Waals surface area contributed by atoms with Crippen LogP contribution in [0.5, 0.6) is 5.75 Å². The molecule has 0 aromatic heterocycles. The maximum Gasteiger partial charge on any atom is 0.573 e. The molecule has 0 radical (unpaired) electrons. The number of nitrogens with one attached hydrogen (secondary N) is 1. The fraction of sp³-hybridized carbons (Fsp3) is 0.391. The number of rotatable bonds is 6. The van der Waals surface area contributed by atoms with E-state index in [4.69, 9.17) is 0 Å². The number of ether oxygens (including phenoxy) is 1. The third kappa shape index (κ3) is 6.23. The lowest BCUT2D eigenvalue weighted by Gasteiger charge is -2.34. The van der Waals surface area contributed by atoms with Crippen molar-refractivity contribution >= 4 is 23.2 Å². The predicted octanol–water partition coefficient (Wildman–Crippen LogP) is 2.73. The molecule has 33 heavy (non-hydrogen) atoms. The Balaban J connectivity index is 1.19. The van der Waals surface area contributed by atoms with Crippen molar-refractivity contribution in [1.82, 2.24) is 9.80 Å². The first-order valence-electron chi connectivity index (χ1n) is 10.8. The average Bonchev–Trinajstić information content (AvgIpc) is 3.20. The van der Waals surface area contributed by atoms with Gasteiger partial charge in [-0.05, 0) is 42.3 Å². The van der Waals surface area contributed by atoms with Crippen LogP contribution >= 0.6 is 0 Å². The van der Waals surface area contributed by atoms with Crippen molar-refractivity contribution < 1.29 is 27.5 Å². The van der Waals surface area contributed by atoms with Crippen LogP contribution in [0.2, 0.25) is 0 Å². The monoisotopic (exact) mass is 462 g/mol. The quantitative estimate of drug-likeness (QED) is 0.715. The Hall–Kier alpha value is -3.11. The highest BCUT2D eigenvalue weighted by molar-refractivity contribution is 5.96. The molecule has 0 aliphatic carbocycles. The van der Waals surface area contributed by atoms with Gasteiger partial charge in [0.25, 0.3) is 0 Å². The second-order valence-corrected chi connectivity index (χ2v) is 8.10. The number of amides is 2. The maximum atomic E-state index is 12.8. The zero-order valence-corrected chi connectivity index (χ0v) is 18.0. The van der Waals surface area contributed by atoms with Crippen molar-refractivity contribution in [3.8, 4) is 5.75 Å². The van der Waals surface area contributed by atoms with Gasteiger partial charge >= 0.3 is 6.36 Å². The fourth-order valence-electron chi connectivity index (χ4n) is 4.12. The van der Waals surface area contributed by atoms with Crippen molar-refractivity contribution in [2.24, 2.45) is 0 Å². The molecule has 2 aromatic carbocycles. The molecular weight excluding hydrogens is 437 g/mol. The molecule has 0 saturated carbocycles. The van der Waals surface area contributed by atoms with Crippen LogP contribution in [0.15, 0.2) is 48.5 Å². The molecule has 7 nitrogen and oxygen atoms in total. The maximum absolute atomic E-state index is 12.8. The van der Waals surface area contributed by atoms with Crippen LogP contribution in [0.25, 0.3) is 0 Å². The molecule has 0 spiro atoms. The van der Waals surface area contributed by atoms with Gasteiger partial charge in [0.1, 0.15) is 5.75 Å². The van der Waals surface area contributed by atoms with Gasteiger partial charge in [0, 0.05) is 44.1 Å². The highest BCUT2D eigenvalue weighted by Crippen LogP contribution is 2.27. The molecule has 10 heteroatoms. The van der Waals surface area contributed by atoms with Gasteiger partial charge in [-0.3, -0.25) is 19.4 Å². The molecule has 0 atom stereocenters. The number of hydrogen-bond donors (Lipinski definition) is 1. The van der Waals surface area contributed by atoms with Crippen molar-refractivity contribution in [3.63, 3.8) is 0 Å². The molecule has 2 aliphatic rings. The number of alkyl halides is 3. The number of para-hydroxylation sites is 1. The Bertz CT molecular complexity index is 989. The number of anilines is 2. The lowest BCUT2D eigenvalue weighted by atomic mass is 10.2. The molecule has 0 unspecified atom stereocenters. The van der Waals surface area contributed by atoms with Crippen molar-refractivity contribution in [3.05, 3.63) is 54.1 Å². The lowest BCUT2D eigenvalue weighted by Crippen LogP contribution is -2.51. The summed E-state index contributed by atoms with van der Waals surface area (Å²) in [6, 6.07) is 13.0. The van der Waals surface area contributed by atoms with E-state index >= 15 is 0 Å². The van der Waals surface area contributed by atoms with Crippen molar-refractivity contribution in [1.29, 1.82) is 0 Å². The summed E-state index contributed by atoms with van der Waals surface area (Å²) in [4.78, 5) is 31.0. The number of carbonyl (C=O) groups excluding carboxylic acids is 2. The fourth-order valence-corrected chi connectivity index (χ4v) is 4.12.